The number of benzene rings is 3. The van der Waals surface area contributed by atoms with Gasteiger partial charge in [-0.3, -0.25) is 9.69 Å². The van der Waals surface area contributed by atoms with Crippen molar-refractivity contribution in [2.24, 2.45) is 0 Å². The molecule has 0 aliphatic heterocycles. The Morgan fingerprint density at radius 2 is 1.61 bits per heavy atom. The van der Waals surface area contributed by atoms with Crippen LogP contribution in [0.4, 0.5) is 0 Å². The van der Waals surface area contributed by atoms with Crippen molar-refractivity contribution in [1.29, 1.82) is 0 Å². The van der Waals surface area contributed by atoms with Crippen LogP contribution >= 0.6 is 0 Å². The lowest BCUT2D eigenvalue weighted by Gasteiger charge is -2.16. The number of ketones is 1. The summed E-state index contributed by atoms with van der Waals surface area (Å²) in [7, 11) is 1.95. The molecule has 0 fully saturated rings. The van der Waals surface area contributed by atoms with Crippen LogP contribution in [-0.4, -0.2) is 43.8 Å². The highest BCUT2D eigenvalue weighted by atomic mass is 16.1. The smallest absolute Gasteiger partial charge is 0.176 e. The average molecular weight is 409 g/mol. The van der Waals surface area contributed by atoms with Gasteiger partial charge in [0.15, 0.2) is 5.78 Å². The van der Waals surface area contributed by atoms with Crippen LogP contribution < -0.4 is 0 Å². The van der Waals surface area contributed by atoms with E-state index in [2.05, 4.69) is 15.6 Å². The molecule has 5 aromatic rings. The second kappa shape index (κ2) is 8.16. The molecule has 0 amide bonds. The molecule has 1 N–H and O–H groups in total. The lowest BCUT2D eigenvalue weighted by molar-refractivity contribution is 0.0941. The first-order valence-corrected chi connectivity index (χ1v) is 10.3. The van der Waals surface area contributed by atoms with Crippen molar-refractivity contribution in [1.82, 2.24) is 24.4 Å². The molecule has 0 aliphatic rings. The highest BCUT2D eigenvalue weighted by molar-refractivity contribution is 5.97. The highest BCUT2D eigenvalue weighted by Gasteiger charge is 2.16. The van der Waals surface area contributed by atoms with E-state index in [1.807, 2.05) is 84.7 Å². The van der Waals surface area contributed by atoms with Crippen molar-refractivity contribution in [2.75, 3.05) is 13.6 Å². The molecule has 5 rings (SSSR count). The predicted molar refractivity (Wildman–Crippen MR) is 122 cm³/mol. The van der Waals surface area contributed by atoms with Crippen LogP contribution in [0.15, 0.2) is 78.9 Å². The summed E-state index contributed by atoms with van der Waals surface area (Å²) in [5.74, 6) is 1.89. The molecule has 0 radical (unpaired) electrons. The average Bonchev–Trinajstić information content (AvgIpc) is 3.35. The number of Topliss-reactive ketones (excluding diaryl/α,β-unsaturated/α-hetero) is 1. The lowest BCUT2D eigenvalue weighted by atomic mass is 10.1. The number of likely N-dealkylation sites (N-methyl/N-ethyl adjacent to an activating group) is 1. The molecule has 154 valence electrons. The molecule has 0 spiro atoms. The minimum absolute atomic E-state index is 0.100. The number of fused-ring (bicyclic) bond motifs is 2. The van der Waals surface area contributed by atoms with E-state index in [9.17, 15) is 4.79 Å². The second-order valence-corrected chi connectivity index (χ2v) is 7.77. The van der Waals surface area contributed by atoms with Gasteiger partial charge in [-0.1, -0.05) is 54.6 Å². The summed E-state index contributed by atoms with van der Waals surface area (Å²) in [6.07, 6.45) is 0. The minimum atomic E-state index is 0.100. The number of nitrogens with zero attached hydrogens (tertiary/aromatic N) is 4. The van der Waals surface area contributed by atoms with Gasteiger partial charge < -0.3 is 9.55 Å². The zero-order valence-corrected chi connectivity index (χ0v) is 17.3. The summed E-state index contributed by atoms with van der Waals surface area (Å²) >= 11 is 0. The minimum Gasteiger partial charge on any atom is -0.340 e. The molecule has 6 heteroatoms. The number of aromatic amines is 1. The molecule has 31 heavy (non-hydrogen) atoms. The summed E-state index contributed by atoms with van der Waals surface area (Å²) in [5, 5.41) is 0. The molecule has 0 atom stereocenters. The summed E-state index contributed by atoms with van der Waals surface area (Å²) in [4.78, 5) is 27.6. The van der Waals surface area contributed by atoms with Gasteiger partial charge in [0.2, 0.25) is 0 Å². The second-order valence-electron chi connectivity index (χ2n) is 7.77. The third-order valence-corrected chi connectivity index (χ3v) is 5.40. The number of para-hydroxylation sites is 4. The van der Waals surface area contributed by atoms with Crippen LogP contribution in [0.3, 0.4) is 0 Å². The predicted octanol–water partition coefficient (Wildman–Crippen LogP) is 4.28. The van der Waals surface area contributed by atoms with Gasteiger partial charge in [0.25, 0.3) is 0 Å². The molecule has 2 heterocycles. The Morgan fingerprint density at radius 1 is 0.903 bits per heavy atom. The van der Waals surface area contributed by atoms with Gasteiger partial charge in [-0.2, -0.15) is 0 Å². The van der Waals surface area contributed by atoms with Crippen LogP contribution in [0.2, 0.25) is 0 Å². The van der Waals surface area contributed by atoms with Crippen molar-refractivity contribution < 1.29 is 4.79 Å². The number of hydrogen-bond donors (Lipinski definition) is 1. The van der Waals surface area contributed by atoms with Crippen molar-refractivity contribution in [2.45, 2.75) is 13.1 Å². The number of imidazole rings is 2. The number of nitrogens with one attached hydrogen (secondary N) is 1. The molecular weight excluding hydrogens is 386 g/mol. The topological polar surface area (TPSA) is 66.8 Å². The maximum absolute atomic E-state index is 12.6. The van der Waals surface area contributed by atoms with E-state index in [0.717, 1.165) is 39.3 Å². The van der Waals surface area contributed by atoms with Crippen molar-refractivity contribution >= 4 is 27.9 Å². The van der Waals surface area contributed by atoms with Crippen LogP contribution in [0.25, 0.3) is 22.1 Å². The standard InChI is InChI=1S/C25H23N5O/c1-29(15-23(31)18-9-3-2-4-10-18)17-25-28-21-13-7-8-14-22(21)30(25)16-24-26-19-11-5-6-12-20(19)27-24/h2-14H,15-17H2,1H3,(H,26,27). The Bertz CT molecular complexity index is 1320. The molecule has 6 nitrogen and oxygen atoms in total. The van der Waals surface area contributed by atoms with Crippen molar-refractivity contribution in [3.05, 3.63) is 96.1 Å². The fourth-order valence-corrected chi connectivity index (χ4v) is 3.91. The monoisotopic (exact) mass is 409 g/mol. The van der Waals surface area contributed by atoms with E-state index in [-0.39, 0.29) is 5.78 Å². The van der Waals surface area contributed by atoms with Crippen molar-refractivity contribution in [3.63, 3.8) is 0 Å². The number of hydrogen-bond acceptors (Lipinski definition) is 4. The van der Waals surface area contributed by atoms with E-state index in [1.54, 1.807) is 0 Å². The van der Waals surface area contributed by atoms with Gasteiger partial charge >= 0.3 is 0 Å². The summed E-state index contributed by atoms with van der Waals surface area (Å²) in [6.45, 7) is 1.48. The molecule has 0 aliphatic carbocycles. The third kappa shape index (κ3) is 3.98. The zero-order valence-electron chi connectivity index (χ0n) is 17.3. The maximum Gasteiger partial charge on any atom is 0.176 e. The molecule has 3 aromatic carbocycles. The first-order valence-electron chi connectivity index (χ1n) is 10.3. The Kier molecular flexibility index (Phi) is 5.06. The summed E-state index contributed by atoms with van der Waals surface area (Å²) < 4.78 is 2.18. The van der Waals surface area contributed by atoms with E-state index in [4.69, 9.17) is 9.97 Å². The molecule has 2 aromatic heterocycles. The quantitative estimate of drug-likeness (QED) is 0.408. The first-order chi connectivity index (χ1) is 15.2. The van der Waals surface area contributed by atoms with Gasteiger partial charge in [-0.15, -0.1) is 0 Å². The van der Waals surface area contributed by atoms with Crippen molar-refractivity contribution in [3.8, 4) is 0 Å². The Morgan fingerprint density at radius 3 is 2.42 bits per heavy atom. The largest absolute Gasteiger partial charge is 0.340 e. The van der Waals surface area contributed by atoms with E-state index in [1.165, 1.54) is 0 Å². The zero-order chi connectivity index (χ0) is 21.2. The fraction of sp³-hybridized carbons (Fsp3) is 0.160. The van der Waals surface area contributed by atoms with Gasteiger partial charge in [0.05, 0.1) is 41.7 Å². The molecular formula is C25H23N5O. The number of rotatable bonds is 7. The maximum atomic E-state index is 12.6. The summed E-state index contributed by atoms with van der Waals surface area (Å²) in [6, 6.07) is 25.5. The van der Waals surface area contributed by atoms with Gasteiger partial charge in [-0.05, 0) is 31.3 Å². The number of H-pyrrole nitrogens is 1. The van der Waals surface area contributed by atoms with Crippen LogP contribution in [0.1, 0.15) is 22.0 Å². The van der Waals surface area contributed by atoms with Crippen LogP contribution in [-0.2, 0) is 13.1 Å². The molecule has 0 saturated carbocycles. The number of carbonyl (C=O) groups excluding carboxylic acids is 1. The third-order valence-electron chi connectivity index (χ3n) is 5.40. The summed E-state index contributed by atoms with van der Waals surface area (Å²) in [5.41, 5.74) is 4.70. The SMILES string of the molecule is CN(CC(=O)c1ccccc1)Cc1nc2ccccc2n1Cc1nc2ccccc2[nH]1. The van der Waals surface area contributed by atoms with E-state index in [0.29, 0.717) is 19.6 Å². The van der Waals surface area contributed by atoms with E-state index >= 15 is 0 Å². The number of carbonyl (C=O) groups is 1. The van der Waals surface area contributed by atoms with E-state index < -0.39 is 0 Å². The molecule has 0 saturated heterocycles. The normalized spacial score (nSPS) is 11.5. The Hall–Kier alpha value is -3.77. The highest BCUT2D eigenvalue weighted by Crippen LogP contribution is 2.20. The molecule has 0 bridgehead atoms. The van der Waals surface area contributed by atoms with Gasteiger partial charge in [-0.25, -0.2) is 9.97 Å². The fourth-order valence-electron chi connectivity index (χ4n) is 3.91. The molecule has 0 unspecified atom stereocenters. The van der Waals surface area contributed by atoms with Gasteiger partial charge in [0.1, 0.15) is 11.6 Å². The Labute approximate surface area is 180 Å². The lowest BCUT2D eigenvalue weighted by Crippen LogP contribution is -2.27. The Balaban J connectivity index is 1.42. The van der Waals surface area contributed by atoms with Gasteiger partial charge in [0, 0.05) is 5.56 Å². The number of aromatic nitrogens is 4. The van der Waals surface area contributed by atoms with Crippen LogP contribution in [0, 0.1) is 0 Å². The first kappa shape index (κ1) is 19.2. The van der Waals surface area contributed by atoms with Crippen LogP contribution in [0.5, 0.6) is 0 Å².